The van der Waals surface area contributed by atoms with Crippen molar-refractivity contribution < 1.29 is 28.6 Å². The van der Waals surface area contributed by atoms with E-state index in [1.165, 1.54) is 0 Å². The van der Waals surface area contributed by atoms with Gasteiger partial charge in [-0.1, -0.05) is 0 Å². The van der Waals surface area contributed by atoms with Gasteiger partial charge in [0.15, 0.2) is 5.41 Å². The zero-order valence-electron chi connectivity index (χ0n) is 14.4. The first-order chi connectivity index (χ1) is 9.83. The van der Waals surface area contributed by atoms with Crippen LogP contribution in [0.15, 0.2) is 0 Å². The standard InChI is InChI=1S/C16H26O6/c1-8-20-11(17)10-9-16(10,12(18)21-14(2,3)4)13(19)22-15(5,6)7/h10H,8-9H2,1-7H3/t10-/m1/s1. The Kier molecular flexibility index (Phi) is 4.94. The van der Waals surface area contributed by atoms with E-state index in [2.05, 4.69) is 0 Å². The van der Waals surface area contributed by atoms with Crippen LogP contribution in [0.2, 0.25) is 0 Å². The molecule has 0 spiro atoms. The lowest BCUT2D eigenvalue weighted by atomic mass is 10.0. The summed E-state index contributed by atoms with van der Waals surface area (Å²) in [4.78, 5) is 36.8. The smallest absolute Gasteiger partial charge is 0.324 e. The van der Waals surface area contributed by atoms with Crippen molar-refractivity contribution in [2.24, 2.45) is 11.3 Å². The van der Waals surface area contributed by atoms with E-state index in [4.69, 9.17) is 14.2 Å². The van der Waals surface area contributed by atoms with E-state index in [-0.39, 0.29) is 13.0 Å². The van der Waals surface area contributed by atoms with Crippen LogP contribution in [0.25, 0.3) is 0 Å². The Morgan fingerprint density at radius 3 is 1.68 bits per heavy atom. The minimum Gasteiger partial charge on any atom is -0.466 e. The van der Waals surface area contributed by atoms with E-state index in [9.17, 15) is 14.4 Å². The molecule has 0 N–H and O–H groups in total. The minimum absolute atomic E-state index is 0.0651. The summed E-state index contributed by atoms with van der Waals surface area (Å²) in [5.74, 6) is -2.86. The summed E-state index contributed by atoms with van der Waals surface area (Å²) in [6.07, 6.45) is 0.0651. The molecule has 1 rings (SSSR count). The highest BCUT2D eigenvalue weighted by atomic mass is 16.6. The number of carbonyl (C=O) groups is 3. The molecule has 0 unspecified atom stereocenters. The third kappa shape index (κ3) is 4.21. The van der Waals surface area contributed by atoms with Gasteiger partial charge in [-0.25, -0.2) is 0 Å². The molecule has 0 bridgehead atoms. The van der Waals surface area contributed by atoms with Crippen LogP contribution < -0.4 is 0 Å². The second-order valence-electron chi connectivity index (χ2n) is 7.48. The molecule has 0 saturated heterocycles. The predicted molar refractivity (Wildman–Crippen MR) is 78.9 cm³/mol. The number of ether oxygens (including phenoxy) is 3. The topological polar surface area (TPSA) is 78.9 Å². The molecule has 1 saturated carbocycles. The van der Waals surface area contributed by atoms with Gasteiger partial charge in [0.1, 0.15) is 11.2 Å². The number of esters is 3. The highest BCUT2D eigenvalue weighted by molar-refractivity contribution is 6.09. The van der Waals surface area contributed by atoms with Crippen LogP contribution >= 0.6 is 0 Å². The minimum atomic E-state index is -1.58. The Morgan fingerprint density at radius 1 is 0.955 bits per heavy atom. The zero-order chi connectivity index (χ0) is 17.3. The lowest BCUT2D eigenvalue weighted by molar-refractivity contribution is -0.180. The molecule has 0 aromatic heterocycles. The highest BCUT2D eigenvalue weighted by Crippen LogP contribution is 2.56. The molecule has 0 amide bonds. The van der Waals surface area contributed by atoms with Crippen LogP contribution in [0, 0.1) is 11.3 Å². The fourth-order valence-electron chi connectivity index (χ4n) is 2.06. The number of hydrogen-bond acceptors (Lipinski definition) is 6. The van der Waals surface area contributed by atoms with Gasteiger partial charge >= 0.3 is 17.9 Å². The van der Waals surface area contributed by atoms with Gasteiger partial charge in [-0.05, 0) is 54.9 Å². The summed E-state index contributed by atoms with van der Waals surface area (Å²) < 4.78 is 15.6. The van der Waals surface area contributed by atoms with Gasteiger partial charge in [0.25, 0.3) is 0 Å². The molecule has 0 aliphatic heterocycles. The monoisotopic (exact) mass is 314 g/mol. The van der Waals surface area contributed by atoms with Gasteiger partial charge < -0.3 is 14.2 Å². The van der Waals surface area contributed by atoms with Crippen LogP contribution in [0.5, 0.6) is 0 Å². The molecule has 1 aliphatic rings. The maximum absolute atomic E-state index is 12.5. The Morgan fingerprint density at radius 2 is 1.36 bits per heavy atom. The third-order valence-corrected chi connectivity index (χ3v) is 3.06. The second kappa shape index (κ2) is 5.89. The lowest BCUT2D eigenvalue weighted by Crippen LogP contribution is -2.40. The van der Waals surface area contributed by atoms with Gasteiger partial charge in [-0.15, -0.1) is 0 Å². The Bertz CT molecular complexity index is 438. The van der Waals surface area contributed by atoms with Crippen molar-refractivity contribution in [3.8, 4) is 0 Å². The second-order valence-corrected chi connectivity index (χ2v) is 7.48. The maximum atomic E-state index is 12.5. The summed E-state index contributed by atoms with van der Waals surface area (Å²) in [7, 11) is 0. The molecular formula is C16H26O6. The van der Waals surface area contributed by atoms with E-state index in [1.54, 1.807) is 48.5 Å². The highest BCUT2D eigenvalue weighted by Gasteiger charge is 2.72. The van der Waals surface area contributed by atoms with Crippen LogP contribution in [0.1, 0.15) is 54.9 Å². The molecule has 6 nitrogen and oxygen atoms in total. The normalized spacial score (nSPS) is 20.0. The van der Waals surface area contributed by atoms with Crippen molar-refractivity contribution in [2.75, 3.05) is 6.61 Å². The van der Waals surface area contributed by atoms with E-state index in [0.717, 1.165) is 0 Å². The molecule has 6 heteroatoms. The lowest BCUT2D eigenvalue weighted by Gasteiger charge is -2.26. The molecule has 22 heavy (non-hydrogen) atoms. The molecule has 1 aliphatic carbocycles. The predicted octanol–water partition coefficient (Wildman–Crippen LogP) is 2.24. The van der Waals surface area contributed by atoms with E-state index in [0.29, 0.717) is 0 Å². The van der Waals surface area contributed by atoms with Crippen LogP contribution in [0.3, 0.4) is 0 Å². The van der Waals surface area contributed by atoms with Crippen molar-refractivity contribution in [1.82, 2.24) is 0 Å². The molecule has 126 valence electrons. The van der Waals surface area contributed by atoms with E-state index >= 15 is 0 Å². The number of hydrogen-bond donors (Lipinski definition) is 0. The SMILES string of the molecule is CCOC(=O)[C@H]1CC1(C(=O)OC(C)(C)C)C(=O)OC(C)(C)C. The average Bonchev–Trinajstić information content (AvgIpc) is 3.00. The first-order valence-electron chi connectivity index (χ1n) is 7.47. The fraction of sp³-hybridized carbons (Fsp3) is 0.812. The maximum Gasteiger partial charge on any atom is 0.324 e. The van der Waals surface area contributed by atoms with Gasteiger partial charge in [-0.2, -0.15) is 0 Å². The Labute approximate surface area is 131 Å². The molecule has 0 aromatic carbocycles. The first kappa shape index (κ1) is 18.5. The number of rotatable bonds is 4. The molecule has 1 fully saturated rings. The third-order valence-electron chi connectivity index (χ3n) is 3.06. The Hall–Kier alpha value is -1.59. The van der Waals surface area contributed by atoms with E-state index < -0.39 is 40.4 Å². The van der Waals surface area contributed by atoms with Crippen molar-refractivity contribution in [3.63, 3.8) is 0 Å². The molecule has 0 heterocycles. The molecular weight excluding hydrogens is 288 g/mol. The van der Waals surface area contributed by atoms with Crippen LogP contribution in [0.4, 0.5) is 0 Å². The van der Waals surface area contributed by atoms with Crippen molar-refractivity contribution in [2.45, 2.75) is 66.1 Å². The van der Waals surface area contributed by atoms with Crippen molar-refractivity contribution in [3.05, 3.63) is 0 Å². The average molecular weight is 314 g/mol. The van der Waals surface area contributed by atoms with Gasteiger partial charge in [0, 0.05) is 0 Å². The molecule has 0 radical (unpaired) electrons. The van der Waals surface area contributed by atoms with Crippen molar-refractivity contribution in [1.29, 1.82) is 0 Å². The molecule has 0 aromatic rings. The quantitative estimate of drug-likeness (QED) is 0.450. The summed E-state index contributed by atoms with van der Waals surface area (Å²) in [6.45, 7) is 12.1. The van der Waals surface area contributed by atoms with Gasteiger partial charge in [-0.3, -0.25) is 14.4 Å². The fourth-order valence-corrected chi connectivity index (χ4v) is 2.06. The van der Waals surface area contributed by atoms with Crippen LogP contribution in [-0.2, 0) is 28.6 Å². The van der Waals surface area contributed by atoms with Crippen LogP contribution in [-0.4, -0.2) is 35.7 Å². The van der Waals surface area contributed by atoms with Gasteiger partial charge in [0.2, 0.25) is 0 Å². The first-order valence-corrected chi connectivity index (χ1v) is 7.47. The van der Waals surface area contributed by atoms with Crippen molar-refractivity contribution >= 4 is 17.9 Å². The summed E-state index contributed by atoms with van der Waals surface area (Å²) in [6, 6.07) is 0. The largest absolute Gasteiger partial charge is 0.466 e. The Balaban J connectivity index is 3.01. The summed E-state index contributed by atoms with van der Waals surface area (Å²) in [5, 5.41) is 0. The summed E-state index contributed by atoms with van der Waals surface area (Å²) >= 11 is 0. The zero-order valence-corrected chi connectivity index (χ0v) is 14.4. The molecule has 1 atom stereocenters. The number of carbonyl (C=O) groups excluding carboxylic acids is 3. The summed E-state index contributed by atoms with van der Waals surface area (Å²) in [5.41, 5.74) is -3.09. The van der Waals surface area contributed by atoms with Gasteiger partial charge in [0.05, 0.1) is 12.5 Å². The van der Waals surface area contributed by atoms with E-state index in [1.807, 2.05) is 0 Å².